The fraction of sp³-hybridized carbons (Fsp3) is 0.400. The third-order valence-corrected chi connectivity index (χ3v) is 3.51. The Labute approximate surface area is 91.4 Å². The first-order valence-electron chi connectivity index (χ1n) is 4.37. The van der Waals surface area contributed by atoms with Gasteiger partial charge in [0, 0.05) is 9.50 Å². The fourth-order valence-corrected chi connectivity index (χ4v) is 2.67. The Bertz CT molecular complexity index is 327. The molecule has 0 aromatic heterocycles. The van der Waals surface area contributed by atoms with Gasteiger partial charge < -0.3 is 5.73 Å². The van der Waals surface area contributed by atoms with Crippen molar-refractivity contribution in [1.29, 1.82) is 0 Å². The molecule has 1 aromatic carbocycles. The van der Waals surface area contributed by atoms with E-state index in [1.807, 2.05) is 12.1 Å². The third-order valence-electron chi connectivity index (χ3n) is 2.59. The van der Waals surface area contributed by atoms with Crippen molar-refractivity contribution in [3.63, 3.8) is 0 Å². The molecule has 3 heteroatoms. The number of hydrogen-bond donors (Lipinski definition) is 1. The molecule has 1 aliphatic carbocycles. The summed E-state index contributed by atoms with van der Waals surface area (Å²) in [6.45, 7) is 0.791. The first-order chi connectivity index (χ1) is 6.22. The summed E-state index contributed by atoms with van der Waals surface area (Å²) in [5.74, 6) is 1.33. The molecule has 2 unspecified atom stereocenters. The average Bonchev–Trinajstić information content (AvgIpc) is 2.83. The molecular weight excluding hydrogens is 249 g/mol. The summed E-state index contributed by atoms with van der Waals surface area (Å²) in [6.07, 6.45) is 1.22. The fourth-order valence-electron chi connectivity index (χ4n) is 1.69. The standard InChI is InChI=1S/C10H11BrClN/c11-10-4-7(12)1-2-8(10)9-3-6(9)5-13/h1-2,4,6,9H,3,5,13H2. The van der Waals surface area contributed by atoms with Gasteiger partial charge in [0.2, 0.25) is 0 Å². The van der Waals surface area contributed by atoms with Crippen LogP contribution in [0.15, 0.2) is 22.7 Å². The van der Waals surface area contributed by atoms with Crippen molar-refractivity contribution in [2.24, 2.45) is 11.7 Å². The molecule has 0 aliphatic heterocycles. The number of nitrogens with two attached hydrogens (primary N) is 1. The van der Waals surface area contributed by atoms with E-state index in [9.17, 15) is 0 Å². The Hall–Kier alpha value is -0.0500. The summed E-state index contributed by atoms with van der Waals surface area (Å²) in [4.78, 5) is 0. The maximum atomic E-state index is 5.86. The van der Waals surface area contributed by atoms with Crippen LogP contribution in [0.25, 0.3) is 0 Å². The molecule has 1 nitrogen and oxygen atoms in total. The lowest BCUT2D eigenvalue weighted by atomic mass is 10.1. The van der Waals surface area contributed by atoms with Crippen molar-refractivity contribution in [3.8, 4) is 0 Å². The maximum Gasteiger partial charge on any atom is 0.0417 e. The molecule has 0 bridgehead atoms. The Balaban J connectivity index is 2.22. The molecule has 1 aliphatic rings. The second-order valence-corrected chi connectivity index (χ2v) is 4.79. The monoisotopic (exact) mass is 259 g/mol. The van der Waals surface area contributed by atoms with E-state index in [1.165, 1.54) is 12.0 Å². The molecule has 2 rings (SSSR count). The zero-order valence-corrected chi connectivity index (χ0v) is 9.48. The number of halogens is 2. The van der Waals surface area contributed by atoms with Gasteiger partial charge in [-0.05, 0) is 42.5 Å². The highest BCUT2D eigenvalue weighted by molar-refractivity contribution is 9.10. The van der Waals surface area contributed by atoms with Gasteiger partial charge in [-0.2, -0.15) is 0 Å². The topological polar surface area (TPSA) is 26.0 Å². The number of hydrogen-bond acceptors (Lipinski definition) is 1. The smallest absolute Gasteiger partial charge is 0.0417 e. The zero-order valence-electron chi connectivity index (χ0n) is 7.13. The van der Waals surface area contributed by atoms with Crippen LogP contribution in [-0.4, -0.2) is 6.54 Å². The van der Waals surface area contributed by atoms with E-state index in [4.69, 9.17) is 17.3 Å². The first kappa shape index (κ1) is 9.50. The van der Waals surface area contributed by atoms with Crippen molar-refractivity contribution in [1.82, 2.24) is 0 Å². The van der Waals surface area contributed by atoms with E-state index >= 15 is 0 Å². The van der Waals surface area contributed by atoms with Crippen LogP contribution in [0.3, 0.4) is 0 Å². The lowest BCUT2D eigenvalue weighted by Crippen LogP contribution is -2.02. The Morgan fingerprint density at radius 1 is 1.54 bits per heavy atom. The van der Waals surface area contributed by atoms with Gasteiger partial charge in [0.15, 0.2) is 0 Å². The van der Waals surface area contributed by atoms with Gasteiger partial charge in [0.05, 0.1) is 0 Å². The van der Waals surface area contributed by atoms with Crippen LogP contribution in [0, 0.1) is 5.92 Å². The molecular formula is C10H11BrClN. The SMILES string of the molecule is NCC1CC1c1ccc(Cl)cc1Br. The molecule has 2 N–H and O–H groups in total. The van der Waals surface area contributed by atoms with Crippen molar-refractivity contribution in [2.75, 3.05) is 6.54 Å². The van der Waals surface area contributed by atoms with Gasteiger partial charge in [0.25, 0.3) is 0 Å². The lowest BCUT2D eigenvalue weighted by Gasteiger charge is -2.03. The van der Waals surface area contributed by atoms with Crippen molar-refractivity contribution < 1.29 is 0 Å². The summed E-state index contributed by atoms with van der Waals surface area (Å²) in [7, 11) is 0. The molecule has 1 fully saturated rings. The second-order valence-electron chi connectivity index (χ2n) is 3.50. The molecule has 1 saturated carbocycles. The zero-order chi connectivity index (χ0) is 9.42. The van der Waals surface area contributed by atoms with E-state index in [0.29, 0.717) is 11.8 Å². The van der Waals surface area contributed by atoms with E-state index < -0.39 is 0 Å². The van der Waals surface area contributed by atoms with E-state index in [0.717, 1.165) is 16.0 Å². The van der Waals surface area contributed by atoms with Crippen molar-refractivity contribution in [3.05, 3.63) is 33.3 Å². The minimum atomic E-state index is 0.650. The Morgan fingerprint density at radius 3 is 2.85 bits per heavy atom. The van der Waals surface area contributed by atoms with Crippen LogP contribution in [0.2, 0.25) is 5.02 Å². The normalized spacial score (nSPS) is 26.1. The summed E-state index contributed by atoms with van der Waals surface area (Å²) in [6, 6.07) is 5.98. The molecule has 0 radical (unpaired) electrons. The predicted octanol–water partition coefficient (Wildman–Crippen LogP) is 3.16. The van der Waals surface area contributed by atoms with Crippen LogP contribution >= 0.6 is 27.5 Å². The second kappa shape index (κ2) is 3.60. The van der Waals surface area contributed by atoms with Gasteiger partial charge in [-0.15, -0.1) is 0 Å². The minimum Gasteiger partial charge on any atom is -0.330 e. The average molecular weight is 261 g/mol. The van der Waals surface area contributed by atoms with Crippen LogP contribution in [0.4, 0.5) is 0 Å². The first-order valence-corrected chi connectivity index (χ1v) is 5.54. The molecule has 0 amide bonds. The van der Waals surface area contributed by atoms with Crippen molar-refractivity contribution >= 4 is 27.5 Å². The summed E-state index contributed by atoms with van der Waals surface area (Å²) in [5, 5.41) is 0.778. The van der Waals surface area contributed by atoms with Crippen LogP contribution in [0.5, 0.6) is 0 Å². The molecule has 13 heavy (non-hydrogen) atoms. The third kappa shape index (κ3) is 1.90. The summed E-state index contributed by atoms with van der Waals surface area (Å²) < 4.78 is 1.11. The highest BCUT2D eigenvalue weighted by Crippen LogP contribution is 2.49. The van der Waals surface area contributed by atoms with E-state index in [2.05, 4.69) is 22.0 Å². The van der Waals surface area contributed by atoms with Gasteiger partial charge >= 0.3 is 0 Å². The molecule has 0 spiro atoms. The van der Waals surface area contributed by atoms with Gasteiger partial charge in [-0.25, -0.2) is 0 Å². The molecule has 1 aromatic rings. The summed E-state index contributed by atoms with van der Waals surface area (Å²) in [5.41, 5.74) is 6.95. The quantitative estimate of drug-likeness (QED) is 0.868. The number of rotatable bonds is 2. The highest BCUT2D eigenvalue weighted by atomic mass is 79.9. The van der Waals surface area contributed by atoms with Crippen LogP contribution in [0.1, 0.15) is 17.9 Å². The lowest BCUT2D eigenvalue weighted by molar-refractivity contribution is 0.808. The molecule has 70 valence electrons. The minimum absolute atomic E-state index is 0.650. The molecule has 2 atom stereocenters. The van der Waals surface area contributed by atoms with Gasteiger partial charge in [0.1, 0.15) is 0 Å². The molecule has 0 heterocycles. The highest BCUT2D eigenvalue weighted by Gasteiger charge is 2.37. The van der Waals surface area contributed by atoms with Crippen molar-refractivity contribution in [2.45, 2.75) is 12.3 Å². The largest absolute Gasteiger partial charge is 0.330 e. The summed E-state index contributed by atoms with van der Waals surface area (Å²) >= 11 is 9.38. The van der Waals surface area contributed by atoms with E-state index in [-0.39, 0.29) is 0 Å². The van der Waals surface area contributed by atoms with E-state index in [1.54, 1.807) is 0 Å². The van der Waals surface area contributed by atoms with Crippen LogP contribution < -0.4 is 5.73 Å². The predicted molar refractivity (Wildman–Crippen MR) is 59.1 cm³/mol. The molecule has 0 saturated heterocycles. The maximum absolute atomic E-state index is 5.86. The van der Waals surface area contributed by atoms with Gasteiger partial charge in [-0.1, -0.05) is 33.6 Å². The Kier molecular flexibility index (Phi) is 2.63. The van der Waals surface area contributed by atoms with Gasteiger partial charge in [-0.3, -0.25) is 0 Å². The Morgan fingerprint density at radius 2 is 2.31 bits per heavy atom. The van der Waals surface area contributed by atoms with Crippen LogP contribution in [-0.2, 0) is 0 Å². The number of benzene rings is 1.